The summed E-state index contributed by atoms with van der Waals surface area (Å²) in [5, 5.41) is 12.2. The van der Waals surface area contributed by atoms with Gasteiger partial charge >= 0.3 is 12.3 Å². The molecule has 2 amide bonds. The largest absolute Gasteiger partial charge is 0.449 e. The van der Waals surface area contributed by atoms with Crippen molar-refractivity contribution in [3.63, 3.8) is 0 Å². The van der Waals surface area contributed by atoms with E-state index in [1.807, 2.05) is 11.8 Å². The third kappa shape index (κ3) is 5.52. The number of carbonyl (C=O) groups is 2. The minimum atomic E-state index is -4.63. The molecule has 10 heteroatoms. The van der Waals surface area contributed by atoms with Crippen LogP contribution in [0.4, 0.5) is 29.3 Å². The Hall–Kier alpha value is -2.49. The number of likely N-dealkylation sites (tertiary alicyclic amines) is 1. The van der Waals surface area contributed by atoms with Crippen LogP contribution < -0.4 is 10.2 Å². The van der Waals surface area contributed by atoms with E-state index in [2.05, 4.69) is 5.32 Å². The van der Waals surface area contributed by atoms with Gasteiger partial charge in [-0.25, -0.2) is 4.79 Å². The van der Waals surface area contributed by atoms with Gasteiger partial charge in [0.15, 0.2) is 0 Å². The Morgan fingerprint density at radius 3 is 2.63 bits per heavy atom. The van der Waals surface area contributed by atoms with Crippen LogP contribution in [0, 0.1) is 5.41 Å². The van der Waals surface area contributed by atoms with Crippen LogP contribution in [0.1, 0.15) is 63.9 Å². The number of piperidine rings is 1. The molecule has 2 heterocycles. The second-order valence-corrected chi connectivity index (χ2v) is 10.0. The number of hydrogen-bond donors (Lipinski definition) is 2. The van der Waals surface area contributed by atoms with E-state index in [4.69, 9.17) is 4.74 Å². The number of nitrogens with zero attached hydrogens (tertiary/aromatic N) is 2. The number of halogens is 3. The van der Waals surface area contributed by atoms with Crippen LogP contribution in [0.15, 0.2) is 18.2 Å². The summed E-state index contributed by atoms with van der Waals surface area (Å²) in [6.45, 7) is 3.29. The van der Waals surface area contributed by atoms with Gasteiger partial charge in [0.1, 0.15) is 0 Å². The lowest BCUT2D eigenvalue weighted by molar-refractivity contribution is -0.139. The first-order valence-corrected chi connectivity index (χ1v) is 12.5. The van der Waals surface area contributed by atoms with E-state index in [9.17, 15) is 27.9 Å². The number of ether oxygens (including phenoxy) is 1. The first kappa shape index (κ1) is 25.6. The number of benzene rings is 1. The summed E-state index contributed by atoms with van der Waals surface area (Å²) in [4.78, 5) is 28.9. The van der Waals surface area contributed by atoms with Gasteiger partial charge in [-0.3, -0.25) is 10.1 Å². The summed E-state index contributed by atoms with van der Waals surface area (Å²) in [6, 6.07) is 3.84. The van der Waals surface area contributed by atoms with E-state index >= 15 is 0 Å². The third-order valence-electron chi connectivity index (χ3n) is 7.56. The maximum atomic E-state index is 14.0. The van der Waals surface area contributed by atoms with E-state index in [-0.39, 0.29) is 42.6 Å². The highest BCUT2D eigenvalue weighted by Crippen LogP contribution is 2.46. The molecule has 1 atom stereocenters. The predicted molar refractivity (Wildman–Crippen MR) is 125 cm³/mol. The Morgan fingerprint density at radius 1 is 1.20 bits per heavy atom. The molecule has 194 valence electrons. The summed E-state index contributed by atoms with van der Waals surface area (Å²) in [5.74, 6) is 0.0362. The number of aliphatic hydroxyl groups excluding tert-OH is 1. The monoisotopic (exact) mass is 497 g/mol. The lowest BCUT2D eigenvalue weighted by Crippen LogP contribution is -2.50. The number of alkyl halides is 3. The molecule has 0 unspecified atom stereocenters. The number of carbonyl (C=O) groups excluding carboxylic acids is 2. The minimum Gasteiger partial charge on any atom is -0.449 e. The van der Waals surface area contributed by atoms with Crippen LogP contribution in [0.25, 0.3) is 0 Å². The molecule has 3 fully saturated rings. The Morgan fingerprint density at radius 2 is 1.94 bits per heavy atom. The van der Waals surface area contributed by atoms with Crippen LogP contribution in [-0.2, 0) is 15.7 Å². The van der Waals surface area contributed by atoms with Crippen molar-refractivity contribution in [1.29, 1.82) is 0 Å². The van der Waals surface area contributed by atoms with Gasteiger partial charge in [0.05, 0.1) is 23.7 Å². The van der Waals surface area contributed by atoms with Gasteiger partial charge in [0.25, 0.3) is 0 Å². The zero-order chi connectivity index (χ0) is 25.2. The van der Waals surface area contributed by atoms with Crippen LogP contribution >= 0.6 is 0 Å². The van der Waals surface area contributed by atoms with Crippen molar-refractivity contribution >= 4 is 23.4 Å². The second kappa shape index (κ2) is 10.2. The Bertz CT molecular complexity index is 933. The summed E-state index contributed by atoms with van der Waals surface area (Å²) in [6.07, 6.45) is -0.321. The molecule has 0 bridgehead atoms. The van der Waals surface area contributed by atoms with Crippen molar-refractivity contribution < 1.29 is 32.6 Å². The smallest absolute Gasteiger partial charge is 0.418 e. The molecule has 1 saturated carbocycles. The van der Waals surface area contributed by atoms with Gasteiger partial charge in [0, 0.05) is 37.1 Å². The summed E-state index contributed by atoms with van der Waals surface area (Å²) < 4.78 is 47.0. The maximum Gasteiger partial charge on any atom is 0.418 e. The van der Waals surface area contributed by atoms with E-state index < -0.39 is 23.2 Å². The summed E-state index contributed by atoms with van der Waals surface area (Å²) in [5.41, 5.74) is -1.49. The van der Waals surface area contributed by atoms with Crippen molar-refractivity contribution in [2.24, 2.45) is 5.41 Å². The van der Waals surface area contributed by atoms with Gasteiger partial charge in [-0.2, -0.15) is 13.2 Å². The van der Waals surface area contributed by atoms with Gasteiger partial charge < -0.3 is 19.6 Å². The molecule has 3 aliphatic rings. The van der Waals surface area contributed by atoms with E-state index in [1.54, 1.807) is 4.90 Å². The highest BCUT2D eigenvalue weighted by molar-refractivity contribution is 5.87. The fourth-order valence-electron chi connectivity index (χ4n) is 5.75. The third-order valence-corrected chi connectivity index (χ3v) is 7.56. The Labute approximate surface area is 203 Å². The van der Waals surface area contributed by atoms with Crippen LogP contribution in [0.5, 0.6) is 0 Å². The van der Waals surface area contributed by atoms with Gasteiger partial charge in [0.2, 0.25) is 5.91 Å². The standard InChI is InChI=1S/C25H34F3N3O4/c1-2-14-35-23(34)29-17-4-9-21(20(15-17)25(26,27)28)30-12-3-10-24(16-30)11-13-31(22(24)33)18-5-7-19(32)8-6-18/h4,9,15,18-19,32H,2-3,5-8,10-14,16H2,1H3,(H,29,34)/t18?,19?,24-/m0/s1. The number of aliphatic hydroxyl groups is 1. The van der Waals surface area contributed by atoms with Crippen molar-refractivity contribution in [2.45, 2.75) is 76.6 Å². The molecule has 35 heavy (non-hydrogen) atoms. The quantitative estimate of drug-likeness (QED) is 0.612. The molecule has 1 aromatic rings. The molecule has 4 rings (SSSR count). The summed E-state index contributed by atoms with van der Waals surface area (Å²) >= 11 is 0. The molecular formula is C25H34F3N3O4. The van der Waals surface area contributed by atoms with E-state index in [0.29, 0.717) is 51.6 Å². The predicted octanol–water partition coefficient (Wildman–Crippen LogP) is 4.79. The fraction of sp³-hybridized carbons (Fsp3) is 0.680. The normalized spacial score (nSPS) is 27.4. The molecule has 2 saturated heterocycles. The van der Waals surface area contributed by atoms with Crippen LogP contribution in [0.3, 0.4) is 0 Å². The number of anilines is 2. The van der Waals surface area contributed by atoms with Crippen molar-refractivity contribution in [3.8, 4) is 0 Å². The molecule has 1 spiro atoms. The minimum absolute atomic E-state index is 0.0107. The molecule has 0 radical (unpaired) electrons. The highest BCUT2D eigenvalue weighted by Gasteiger charge is 2.51. The van der Waals surface area contributed by atoms with Gasteiger partial charge in [-0.1, -0.05) is 6.92 Å². The fourth-order valence-corrected chi connectivity index (χ4v) is 5.75. The van der Waals surface area contributed by atoms with Crippen molar-refractivity contribution in [3.05, 3.63) is 23.8 Å². The molecule has 7 nitrogen and oxygen atoms in total. The zero-order valence-corrected chi connectivity index (χ0v) is 20.1. The second-order valence-electron chi connectivity index (χ2n) is 10.0. The summed E-state index contributed by atoms with van der Waals surface area (Å²) in [7, 11) is 0. The van der Waals surface area contributed by atoms with Crippen molar-refractivity contribution in [1.82, 2.24) is 4.90 Å². The number of rotatable bonds is 5. The maximum absolute atomic E-state index is 14.0. The average molecular weight is 498 g/mol. The Balaban J connectivity index is 1.53. The first-order chi connectivity index (χ1) is 16.6. The van der Waals surface area contributed by atoms with Crippen molar-refractivity contribution in [2.75, 3.05) is 36.5 Å². The molecule has 2 aliphatic heterocycles. The first-order valence-electron chi connectivity index (χ1n) is 12.5. The average Bonchev–Trinajstić information content (AvgIpc) is 3.12. The molecule has 2 N–H and O–H groups in total. The van der Waals surface area contributed by atoms with E-state index in [0.717, 1.165) is 18.9 Å². The van der Waals surface area contributed by atoms with Crippen LogP contribution in [-0.4, -0.2) is 60.4 Å². The number of hydrogen-bond acceptors (Lipinski definition) is 5. The Kier molecular flexibility index (Phi) is 7.49. The van der Waals surface area contributed by atoms with Gasteiger partial charge in [-0.05, 0) is 69.6 Å². The lowest BCUT2D eigenvalue weighted by atomic mass is 9.78. The molecule has 1 aromatic carbocycles. The lowest BCUT2D eigenvalue weighted by Gasteiger charge is -2.42. The van der Waals surface area contributed by atoms with Crippen LogP contribution in [0.2, 0.25) is 0 Å². The topological polar surface area (TPSA) is 82.1 Å². The van der Waals surface area contributed by atoms with E-state index in [1.165, 1.54) is 12.1 Å². The van der Waals surface area contributed by atoms with Gasteiger partial charge in [-0.15, -0.1) is 0 Å². The SMILES string of the molecule is CCCOC(=O)Nc1ccc(N2CCC[C@]3(CCN(C4CCC(O)CC4)C3=O)C2)c(C(F)(F)F)c1. The zero-order valence-electron chi connectivity index (χ0n) is 20.1. The number of amides is 2. The highest BCUT2D eigenvalue weighted by atomic mass is 19.4. The molecular weight excluding hydrogens is 463 g/mol. The number of nitrogens with one attached hydrogen (secondary N) is 1. The molecule has 1 aliphatic carbocycles. The molecule has 0 aromatic heterocycles.